The SMILES string of the molecule is CCc1c(-c2cc(C)c(C)s2)nn(-c2ccccc2)c1N. The molecule has 2 aromatic heterocycles. The molecule has 0 saturated heterocycles. The van der Waals surface area contributed by atoms with Crippen LogP contribution in [0.25, 0.3) is 16.3 Å². The Labute approximate surface area is 129 Å². The van der Waals surface area contributed by atoms with E-state index < -0.39 is 0 Å². The summed E-state index contributed by atoms with van der Waals surface area (Å²) in [6.45, 7) is 6.41. The Kier molecular flexibility index (Phi) is 3.55. The second-order valence-electron chi connectivity index (χ2n) is 5.16. The Morgan fingerprint density at radius 2 is 1.90 bits per heavy atom. The van der Waals surface area contributed by atoms with Crippen molar-refractivity contribution in [3.63, 3.8) is 0 Å². The van der Waals surface area contributed by atoms with E-state index in [9.17, 15) is 0 Å². The summed E-state index contributed by atoms with van der Waals surface area (Å²) in [5.74, 6) is 0.738. The fourth-order valence-electron chi connectivity index (χ4n) is 2.47. The van der Waals surface area contributed by atoms with Crippen molar-refractivity contribution in [1.29, 1.82) is 0 Å². The molecule has 2 heterocycles. The van der Waals surface area contributed by atoms with E-state index in [0.29, 0.717) is 0 Å². The highest BCUT2D eigenvalue weighted by molar-refractivity contribution is 7.15. The Morgan fingerprint density at radius 1 is 1.19 bits per heavy atom. The number of nitrogens with zero attached hydrogens (tertiary/aromatic N) is 2. The smallest absolute Gasteiger partial charge is 0.131 e. The molecule has 0 atom stereocenters. The fourth-order valence-corrected chi connectivity index (χ4v) is 3.51. The predicted molar refractivity (Wildman–Crippen MR) is 90.1 cm³/mol. The largest absolute Gasteiger partial charge is 0.383 e. The number of thiophene rings is 1. The standard InChI is InChI=1S/C17H19N3S/c1-4-14-16(15-10-11(2)12(3)21-15)19-20(17(14)18)13-8-6-5-7-9-13/h5-10H,4,18H2,1-3H3. The number of nitrogen functional groups attached to an aromatic ring is 1. The van der Waals surface area contributed by atoms with Crippen LogP contribution in [0.4, 0.5) is 5.82 Å². The molecular weight excluding hydrogens is 278 g/mol. The van der Waals surface area contributed by atoms with Gasteiger partial charge in [-0.15, -0.1) is 11.3 Å². The quantitative estimate of drug-likeness (QED) is 0.780. The van der Waals surface area contributed by atoms with Crippen LogP contribution in [-0.2, 0) is 6.42 Å². The van der Waals surface area contributed by atoms with Crippen LogP contribution in [0.2, 0.25) is 0 Å². The van der Waals surface area contributed by atoms with Crippen molar-refractivity contribution in [3.8, 4) is 16.3 Å². The van der Waals surface area contributed by atoms with Crippen molar-refractivity contribution in [2.24, 2.45) is 0 Å². The number of aromatic nitrogens is 2. The van der Waals surface area contributed by atoms with Crippen LogP contribution in [0.15, 0.2) is 36.4 Å². The van der Waals surface area contributed by atoms with Gasteiger partial charge in [0.1, 0.15) is 11.5 Å². The predicted octanol–water partition coefficient (Wildman–Crippen LogP) is 4.36. The van der Waals surface area contributed by atoms with Crippen LogP contribution in [0, 0.1) is 13.8 Å². The molecule has 4 heteroatoms. The van der Waals surface area contributed by atoms with Gasteiger partial charge >= 0.3 is 0 Å². The summed E-state index contributed by atoms with van der Waals surface area (Å²) >= 11 is 1.78. The molecule has 0 amide bonds. The normalized spacial score (nSPS) is 11.0. The van der Waals surface area contributed by atoms with Gasteiger partial charge in [-0.25, -0.2) is 4.68 Å². The molecule has 0 saturated carbocycles. The van der Waals surface area contributed by atoms with Crippen molar-refractivity contribution >= 4 is 17.2 Å². The zero-order chi connectivity index (χ0) is 15.0. The molecule has 3 aromatic rings. The lowest BCUT2D eigenvalue weighted by Gasteiger charge is -2.03. The van der Waals surface area contributed by atoms with Gasteiger partial charge in [0.15, 0.2) is 0 Å². The number of benzene rings is 1. The van der Waals surface area contributed by atoms with E-state index in [4.69, 9.17) is 10.8 Å². The maximum atomic E-state index is 6.33. The molecule has 0 bridgehead atoms. The van der Waals surface area contributed by atoms with Gasteiger partial charge in [0.2, 0.25) is 0 Å². The minimum Gasteiger partial charge on any atom is -0.383 e. The number of nitrogens with two attached hydrogens (primary N) is 1. The molecule has 0 aliphatic carbocycles. The molecule has 0 unspecified atom stereocenters. The fraction of sp³-hybridized carbons (Fsp3) is 0.235. The summed E-state index contributed by atoms with van der Waals surface area (Å²) < 4.78 is 1.85. The Morgan fingerprint density at radius 3 is 2.48 bits per heavy atom. The Balaban J connectivity index is 2.18. The highest BCUT2D eigenvalue weighted by Gasteiger charge is 2.18. The molecule has 0 spiro atoms. The Hall–Kier alpha value is -2.07. The zero-order valence-corrected chi connectivity index (χ0v) is 13.4. The maximum absolute atomic E-state index is 6.33. The van der Waals surface area contributed by atoms with Gasteiger partial charge in [-0.05, 0) is 44.0 Å². The first-order valence-corrected chi connectivity index (χ1v) is 7.93. The summed E-state index contributed by atoms with van der Waals surface area (Å²) in [6, 6.07) is 12.3. The van der Waals surface area contributed by atoms with Crippen LogP contribution < -0.4 is 5.73 Å². The lowest BCUT2D eigenvalue weighted by molar-refractivity contribution is 0.895. The second-order valence-corrected chi connectivity index (χ2v) is 6.42. The lowest BCUT2D eigenvalue weighted by Crippen LogP contribution is -2.02. The average molecular weight is 297 g/mol. The average Bonchev–Trinajstić information content (AvgIpc) is 3.00. The van der Waals surface area contributed by atoms with Crippen molar-refractivity contribution in [2.45, 2.75) is 27.2 Å². The molecule has 0 radical (unpaired) electrons. The molecule has 1 aromatic carbocycles. The third-order valence-corrected chi connectivity index (χ3v) is 4.94. The van der Waals surface area contributed by atoms with Crippen LogP contribution in [-0.4, -0.2) is 9.78 Å². The van der Waals surface area contributed by atoms with E-state index in [1.807, 2.05) is 35.0 Å². The number of rotatable bonds is 3. The first-order chi connectivity index (χ1) is 10.1. The molecule has 3 nitrogen and oxygen atoms in total. The van der Waals surface area contributed by atoms with Gasteiger partial charge in [-0.3, -0.25) is 0 Å². The number of para-hydroxylation sites is 1. The summed E-state index contributed by atoms with van der Waals surface area (Å²) in [5.41, 5.74) is 10.8. The van der Waals surface area contributed by atoms with E-state index in [0.717, 1.165) is 29.2 Å². The van der Waals surface area contributed by atoms with Gasteiger partial charge in [0.05, 0.1) is 10.6 Å². The summed E-state index contributed by atoms with van der Waals surface area (Å²) in [7, 11) is 0. The molecule has 108 valence electrons. The molecule has 0 aliphatic heterocycles. The van der Waals surface area contributed by atoms with E-state index in [-0.39, 0.29) is 0 Å². The minimum absolute atomic E-state index is 0.738. The third kappa shape index (κ3) is 2.36. The van der Waals surface area contributed by atoms with E-state index in [1.54, 1.807) is 11.3 Å². The van der Waals surface area contributed by atoms with E-state index in [1.165, 1.54) is 15.3 Å². The molecular formula is C17H19N3S. The van der Waals surface area contributed by atoms with Gasteiger partial charge in [-0.1, -0.05) is 25.1 Å². The molecule has 0 aliphatic rings. The van der Waals surface area contributed by atoms with Crippen LogP contribution >= 0.6 is 11.3 Å². The lowest BCUT2D eigenvalue weighted by atomic mass is 10.1. The molecule has 3 rings (SSSR count). The zero-order valence-electron chi connectivity index (χ0n) is 12.6. The van der Waals surface area contributed by atoms with Crippen molar-refractivity contribution in [2.75, 3.05) is 5.73 Å². The van der Waals surface area contributed by atoms with E-state index >= 15 is 0 Å². The first kappa shape index (κ1) is 13.9. The summed E-state index contributed by atoms with van der Waals surface area (Å²) in [5, 5.41) is 4.78. The highest BCUT2D eigenvalue weighted by atomic mass is 32.1. The van der Waals surface area contributed by atoms with Gasteiger partial charge < -0.3 is 5.73 Å². The second kappa shape index (κ2) is 5.37. The van der Waals surface area contributed by atoms with Crippen molar-refractivity contribution < 1.29 is 0 Å². The van der Waals surface area contributed by atoms with Crippen LogP contribution in [0.3, 0.4) is 0 Å². The van der Waals surface area contributed by atoms with Crippen LogP contribution in [0.1, 0.15) is 22.9 Å². The maximum Gasteiger partial charge on any atom is 0.131 e. The van der Waals surface area contributed by atoms with Gasteiger partial charge in [0.25, 0.3) is 0 Å². The number of hydrogen-bond donors (Lipinski definition) is 1. The van der Waals surface area contributed by atoms with Gasteiger partial charge in [-0.2, -0.15) is 5.10 Å². The summed E-state index contributed by atoms with van der Waals surface area (Å²) in [6.07, 6.45) is 0.879. The number of aryl methyl sites for hydroxylation is 2. The summed E-state index contributed by atoms with van der Waals surface area (Å²) in [4.78, 5) is 2.53. The number of anilines is 1. The van der Waals surface area contributed by atoms with Gasteiger partial charge in [0, 0.05) is 10.4 Å². The van der Waals surface area contributed by atoms with Crippen LogP contribution in [0.5, 0.6) is 0 Å². The van der Waals surface area contributed by atoms with E-state index in [2.05, 4.69) is 26.8 Å². The minimum atomic E-state index is 0.738. The molecule has 21 heavy (non-hydrogen) atoms. The topological polar surface area (TPSA) is 43.8 Å². The van der Waals surface area contributed by atoms with Crippen molar-refractivity contribution in [1.82, 2.24) is 9.78 Å². The first-order valence-electron chi connectivity index (χ1n) is 7.12. The number of hydrogen-bond acceptors (Lipinski definition) is 3. The third-order valence-electron chi connectivity index (χ3n) is 3.78. The monoisotopic (exact) mass is 297 g/mol. The molecule has 0 fully saturated rings. The Bertz CT molecular complexity index is 749. The highest BCUT2D eigenvalue weighted by Crippen LogP contribution is 2.35. The molecule has 2 N–H and O–H groups in total. The van der Waals surface area contributed by atoms with Crippen molar-refractivity contribution in [3.05, 3.63) is 52.4 Å².